The van der Waals surface area contributed by atoms with E-state index in [1.807, 2.05) is 6.07 Å². The maximum Gasteiger partial charge on any atom is 0.253 e. The lowest BCUT2D eigenvalue weighted by Gasteiger charge is -2.11. The van der Waals surface area contributed by atoms with Crippen LogP contribution in [-0.2, 0) is 11.3 Å². The third-order valence-electron chi connectivity index (χ3n) is 2.99. The molecule has 0 fully saturated rings. The van der Waals surface area contributed by atoms with Gasteiger partial charge in [0, 0.05) is 25.3 Å². The number of anilines is 1. The quantitative estimate of drug-likeness (QED) is 0.852. The molecule has 6 heteroatoms. The summed E-state index contributed by atoms with van der Waals surface area (Å²) in [4.78, 5) is 25.0. The van der Waals surface area contributed by atoms with Gasteiger partial charge in [0.1, 0.15) is 5.76 Å². The summed E-state index contributed by atoms with van der Waals surface area (Å²) in [5.41, 5.74) is 1.24. The molecule has 2 aromatic rings. The van der Waals surface area contributed by atoms with Gasteiger partial charge < -0.3 is 20.0 Å². The highest BCUT2D eigenvalue weighted by atomic mass is 16.3. The molecule has 0 radical (unpaired) electrons. The maximum atomic E-state index is 11.8. The molecule has 0 saturated heterocycles. The van der Waals surface area contributed by atoms with E-state index in [0.717, 1.165) is 5.76 Å². The monoisotopic (exact) mass is 301 g/mol. The van der Waals surface area contributed by atoms with E-state index >= 15 is 0 Å². The van der Waals surface area contributed by atoms with Gasteiger partial charge in [-0.1, -0.05) is 0 Å². The molecule has 0 spiro atoms. The number of nitrogens with one attached hydrogen (secondary N) is 2. The zero-order valence-corrected chi connectivity index (χ0v) is 12.6. The van der Waals surface area contributed by atoms with Gasteiger partial charge in [0.2, 0.25) is 5.91 Å². The molecule has 0 aliphatic carbocycles. The first kappa shape index (κ1) is 15.8. The summed E-state index contributed by atoms with van der Waals surface area (Å²) in [6.07, 6.45) is 1.59. The van der Waals surface area contributed by atoms with Crippen LogP contribution < -0.4 is 10.6 Å². The van der Waals surface area contributed by atoms with E-state index in [-0.39, 0.29) is 18.4 Å². The summed E-state index contributed by atoms with van der Waals surface area (Å²) < 4.78 is 5.16. The lowest BCUT2D eigenvalue weighted by atomic mass is 10.2. The summed E-state index contributed by atoms with van der Waals surface area (Å²) in [7, 11) is 3.39. The van der Waals surface area contributed by atoms with Crippen LogP contribution in [-0.4, -0.2) is 37.4 Å². The molecule has 2 rings (SSSR count). The Morgan fingerprint density at radius 3 is 2.45 bits per heavy atom. The Hall–Kier alpha value is -2.60. The van der Waals surface area contributed by atoms with Crippen LogP contribution in [0.2, 0.25) is 0 Å². The largest absolute Gasteiger partial charge is 0.468 e. The molecule has 0 aliphatic rings. The fourth-order valence-corrected chi connectivity index (χ4v) is 1.87. The summed E-state index contributed by atoms with van der Waals surface area (Å²) >= 11 is 0. The van der Waals surface area contributed by atoms with E-state index in [9.17, 15) is 9.59 Å². The number of furan rings is 1. The number of benzene rings is 1. The fraction of sp³-hybridized carbons (Fsp3) is 0.250. The Kier molecular flexibility index (Phi) is 5.32. The van der Waals surface area contributed by atoms with Crippen LogP contribution in [0, 0.1) is 0 Å². The van der Waals surface area contributed by atoms with Crippen LogP contribution in [0.3, 0.4) is 0 Å². The molecule has 2 amide bonds. The number of hydrogen-bond donors (Lipinski definition) is 2. The summed E-state index contributed by atoms with van der Waals surface area (Å²) in [5.74, 6) is 0.551. The van der Waals surface area contributed by atoms with Crippen LogP contribution in [0.25, 0.3) is 0 Å². The van der Waals surface area contributed by atoms with Gasteiger partial charge in [-0.25, -0.2) is 0 Å². The summed E-state index contributed by atoms with van der Waals surface area (Å²) in [6.45, 7) is 0.676. The fourth-order valence-electron chi connectivity index (χ4n) is 1.87. The molecule has 0 unspecified atom stereocenters. The van der Waals surface area contributed by atoms with Crippen molar-refractivity contribution in [2.24, 2.45) is 0 Å². The molecule has 6 nitrogen and oxygen atoms in total. The Morgan fingerprint density at radius 1 is 1.14 bits per heavy atom. The van der Waals surface area contributed by atoms with Crippen molar-refractivity contribution in [3.05, 3.63) is 54.0 Å². The number of carbonyl (C=O) groups excluding carboxylic acids is 2. The van der Waals surface area contributed by atoms with E-state index in [1.165, 1.54) is 4.90 Å². The average molecular weight is 301 g/mol. The zero-order chi connectivity index (χ0) is 15.9. The van der Waals surface area contributed by atoms with Crippen LogP contribution in [0.4, 0.5) is 5.69 Å². The van der Waals surface area contributed by atoms with E-state index in [2.05, 4.69) is 10.6 Å². The van der Waals surface area contributed by atoms with Crippen molar-refractivity contribution in [2.75, 3.05) is 26.0 Å². The van der Waals surface area contributed by atoms with Gasteiger partial charge >= 0.3 is 0 Å². The van der Waals surface area contributed by atoms with E-state index in [4.69, 9.17) is 4.42 Å². The Balaban J connectivity index is 1.80. The Labute approximate surface area is 129 Å². The molecule has 0 saturated carbocycles. The van der Waals surface area contributed by atoms with E-state index in [0.29, 0.717) is 17.8 Å². The highest BCUT2D eigenvalue weighted by Crippen LogP contribution is 2.10. The predicted molar refractivity (Wildman–Crippen MR) is 83.5 cm³/mol. The molecular formula is C16H19N3O3. The molecule has 0 aliphatic heterocycles. The second kappa shape index (κ2) is 7.42. The molecular weight excluding hydrogens is 282 g/mol. The number of hydrogen-bond acceptors (Lipinski definition) is 4. The first-order valence-corrected chi connectivity index (χ1v) is 6.91. The van der Waals surface area contributed by atoms with Crippen molar-refractivity contribution in [3.8, 4) is 0 Å². The van der Waals surface area contributed by atoms with Crippen LogP contribution in [0.15, 0.2) is 47.1 Å². The van der Waals surface area contributed by atoms with Crippen molar-refractivity contribution in [3.63, 3.8) is 0 Å². The molecule has 1 heterocycles. The SMILES string of the molecule is CN(C)C(=O)c1ccc(NC(=O)CNCc2ccco2)cc1. The normalized spacial score (nSPS) is 10.3. The number of rotatable bonds is 6. The Bertz CT molecular complexity index is 619. The van der Waals surface area contributed by atoms with Gasteiger partial charge in [-0.15, -0.1) is 0 Å². The average Bonchev–Trinajstić information content (AvgIpc) is 3.00. The predicted octanol–water partition coefficient (Wildman–Crippen LogP) is 1.71. The van der Waals surface area contributed by atoms with E-state index < -0.39 is 0 Å². The maximum absolute atomic E-state index is 11.8. The summed E-state index contributed by atoms with van der Waals surface area (Å²) in [6, 6.07) is 10.4. The second-order valence-corrected chi connectivity index (χ2v) is 5.01. The second-order valence-electron chi connectivity index (χ2n) is 5.01. The third-order valence-corrected chi connectivity index (χ3v) is 2.99. The first-order chi connectivity index (χ1) is 10.6. The van der Waals surface area contributed by atoms with Gasteiger partial charge in [-0.05, 0) is 36.4 Å². The molecule has 2 N–H and O–H groups in total. The highest BCUT2D eigenvalue weighted by molar-refractivity contribution is 5.95. The Morgan fingerprint density at radius 2 is 1.86 bits per heavy atom. The minimum absolute atomic E-state index is 0.0713. The molecule has 1 aromatic carbocycles. The summed E-state index contributed by atoms with van der Waals surface area (Å²) in [5, 5.41) is 5.75. The van der Waals surface area contributed by atoms with Crippen molar-refractivity contribution < 1.29 is 14.0 Å². The lowest BCUT2D eigenvalue weighted by molar-refractivity contribution is -0.115. The minimum atomic E-state index is -0.154. The molecule has 22 heavy (non-hydrogen) atoms. The standard InChI is InChI=1S/C16H19N3O3/c1-19(2)16(21)12-5-7-13(8-6-12)18-15(20)11-17-10-14-4-3-9-22-14/h3-9,17H,10-11H2,1-2H3,(H,18,20). The number of carbonyl (C=O) groups is 2. The van der Waals surface area contributed by atoms with Crippen molar-refractivity contribution in [1.29, 1.82) is 0 Å². The lowest BCUT2D eigenvalue weighted by Crippen LogP contribution is -2.27. The van der Waals surface area contributed by atoms with Crippen LogP contribution in [0.1, 0.15) is 16.1 Å². The van der Waals surface area contributed by atoms with Gasteiger partial charge in [0.25, 0.3) is 5.91 Å². The minimum Gasteiger partial charge on any atom is -0.468 e. The van der Waals surface area contributed by atoms with Gasteiger partial charge in [0.05, 0.1) is 19.4 Å². The zero-order valence-electron chi connectivity index (χ0n) is 12.6. The topological polar surface area (TPSA) is 74.6 Å². The number of nitrogens with zero attached hydrogens (tertiary/aromatic N) is 1. The molecule has 0 bridgehead atoms. The van der Waals surface area contributed by atoms with Crippen LogP contribution in [0.5, 0.6) is 0 Å². The van der Waals surface area contributed by atoms with Crippen LogP contribution >= 0.6 is 0 Å². The molecule has 1 aromatic heterocycles. The van der Waals surface area contributed by atoms with Crippen molar-refractivity contribution in [2.45, 2.75) is 6.54 Å². The highest BCUT2D eigenvalue weighted by Gasteiger charge is 2.08. The van der Waals surface area contributed by atoms with Gasteiger partial charge in [-0.3, -0.25) is 9.59 Å². The van der Waals surface area contributed by atoms with Crippen molar-refractivity contribution >= 4 is 17.5 Å². The molecule has 0 atom stereocenters. The van der Waals surface area contributed by atoms with Gasteiger partial charge in [0.15, 0.2) is 0 Å². The number of amides is 2. The van der Waals surface area contributed by atoms with E-state index in [1.54, 1.807) is 50.7 Å². The van der Waals surface area contributed by atoms with Gasteiger partial charge in [-0.2, -0.15) is 0 Å². The van der Waals surface area contributed by atoms with Crippen molar-refractivity contribution in [1.82, 2.24) is 10.2 Å². The molecule has 116 valence electrons. The first-order valence-electron chi connectivity index (χ1n) is 6.91. The smallest absolute Gasteiger partial charge is 0.253 e. The third kappa shape index (κ3) is 4.46.